The maximum absolute atomic E-state index is 12.9. The second kappa shape index (κ2) is 8.21. The Morgan fingerprint density at radius 3 is 2.46 bits per heavy atom. The zero-order chi connectivity index (χ0) is 20.4. The van der Waals surface area contributed by atoms with Crippen LogP contribution in [-0.2, 0) is 26.6 Å². The van der Waals surface area contributed by atoms with Gasteiger partial charge in [-0.25, -0.2) is 8.42 Å². The van der Waals surface area contributed by atoms with Crippen LogP contribution < -0.4 is 0 Å². The summed E-state index contributed by atoms with van der Waals surface area (Å²) in [6.07, 6.45) is 3.85. The average molecular weight is 418 g/mol. The van der Waals surface area contributed by atoms with Crippen LogP contribution >= 0.6 is 11.3 Å². The van der Waals surface area contributed by atoms with Crippen molar-refractivity contribution in [2.24, 2.45) is 0 Å². The highest BCUT2D eigenvalue weighted by Crippen LogP contribution is 2.24. The fraction of sp³-hybridized carbons (Fsp3) is 0.409. The second-order valence-corrected chi connectivity index (χ2v) is 11.5. The predicted octanol–water partition coefficient (Wildman–Crippen LogP) is 4.27. The molecular weight excluding hydrogens is 390 g/mol. The summed E-state index contributed by atoms with van der Waals surface area (Å²) >= 11 is 1.56. The first-order valence-electron chi connectivity index (χ1n) is 9.46. The van der Waals surface area contributed by atoms with Crippen molar-refractivity contribution in [3.8, 4) is 0 Å². The van der Waals surface area contributed by atoms with Gasteiger partial charge in [-0.2, -0.15) is 0 Å². The first-order valence-corrected chi connectivity index (χ1v) is 12.2. The largest absolute Gasteiger partial charge is 0.331 e. The highest BCUT2D eigenvalue weighted by Gasteiger charge is 2.34. The number of rotatable bonds is 5. The van der Waals surface area contributed by atoms with Gasteiger partial charge in [0.2, 0.25) is 5.91 Å². The SMILES string of the molecule is CC(C)(C)c1ccc(CN(C(=O)/C=C/c2cccs2)[C@H]2CCS(=O)(=O)C2)cc1. The van der Waals surface area contributed by atoms with Crippen LogP contribution in [0.15, 0.2) is 47.9 Å². The van der Waals surface area contributed by atoms with Crippen LogP contribution in [0.5, 0.6) is 0 Å². The highest BCUT2D eigenvalue weighted by molar-refractivity contribution is 7.91. The second-order valence-electron chi connectivity index (χ2n) is 8.32. The first kappa shape index (κ1) is 20.8. The summed E-state index contributed by atoms with van der Waals surface area (Å²) in [4.78, 5) is 15.6. The Morgan fingerprint density at radius 1 is 1.21 bits per heavy atom. The number of sulfone groups is 1. The standard InChI is InChI=1S/C22H27NO3S2/c1-22(2,3)18-8-6-17(7-9-18)15-23(19-12-14-28(25,26)16-19)21(24)11-10-20-5-4-13-27-20/h4-11,13,19H,12,14-16H2,1-3H3/b11-10+/t19-/m0/s1. The summed E-state index contributed by atoms with van der Waals surface area (Å²) in [5, 5.41) is 1.96. The normalized spacial score (nSPS) is 19.2. The minimum atomic E-state index is -3.07. The average Bonchev–Trinajstić information content (AvgIpc) is 3.26. The lowest BCUT2D eigenvalue weighted by atomic mass is 9.86. The summed E-state index contributed by atoms with van der Waals surface area (Å²) in [6, 6.07) is 11.9. The molecule has 1 fully saturated rings. The molecule has 0 spiro atoms. The lowest BCUT2D eigenvalue weighted by Crippen LogP contribution is -2.39. The third-order valence-electron chi connectivity index (χ3n) is 5.04. The number of carbonyl (C=O) groups excluding carboxylic acids is 1. The Bertz CT molecular complexity index is 937. The van der Waals surface area contributed by atoms with E-state index in [1.807, 2.05) is 29.6 Å². The van der Waals surface area contributed by atoms with Crippen molar-refractivity contribution >= 4 is 33.2 Å². The molecule has 0 aliphatic carbocycles. The minimum Gasteiger partial charge on any atom is -0.331 e. The van der Waals surface area contributed by atoms with E-state index in [0.29, 0.717) is 13.0 Å². The Balaban J connectivity index is 1.81. The highest BCUT2D eigenvalue weighted by atomic mass is 32.2. The van der Waals surface area contributed by atoms with Gasteiger partial charge in [-0.1, -0.05) is 51.1 Å². The summed E-state index contributed by atoms with van der Waals surface area (Å²) in [6.45, 7) is 6.90. The lowest BCUT2D eigenvalue weighted by Gasteiger charge is -2.28. The molecule has 0 radical (unpaired) electrons. The van der Waals surface area contributed by atoms with E-state index in [0.717, 1.165) is 10.4 Å². The molecule has 0 unspecified atom stereocenters. The van der Waals surface area contributed by atoms with E-state index in [1.165, 1.54) is 5.56 Å². The molecule has 0 bridgehead atoms. The monoisotopic (exact) mass is 417 g/mol. The molecular formula is C22H27NO3S2. The molecule has 0 saturated carbocycles. The van der Waals surface area contributed by atoms with Crippen molar-refractivity contribution in [3.05, 3.63) is 63.9 Å². The van der Waals surface area contributed by atoms with Crippen molar-refractivity contribution in [2.45, 2.75) is 45.2 Å². The predicted molar refractivity (Wildman–Crippen MR) is 116 cm³/mol. The van der Waals surface area contributed by atoms with Crippen LogP contribution in [-0.4, -0.2) is 36.8 Å². The molecule has 1 aliphatic heterocycles. The fourth-order valence-corrected chi connectivity index (χ4v) is 5.70. The van der Waals surface area contributed by atoms with Gasteiger partial charge in [0, 0.05) is 23.5 Å². The maximum Gasteiger partial charge on any atom is 0.247 e. The first-order chi connectivity index (χ1) is 13.1. The Hall–Kier alpha value is -1.92. The van der Waals surface area contributed by atoms with E-state index in [-0.39, 0.29) is 28.9 Å². The Morgan fingerprint density at radius 2 is 1.93 bits per heavy atom. The molecule has 6 heteroatoms. The molecule has 3 rings (SSSR count). The van der Waals surface area contributed by atoms with Crippen molar-refractivity contribution in [1.29, 1.82) is 0 Å². The number of hydrogen-bond donors (Lipinski definition) is 0. The number of thiophene rings is 1. The van der Waals surface area contributed by atoms with Crippen LogP contribution in [0.1, 0.15) is 43.2 Å². The van der Waals surface area contributed by atoms with Crippen molar-refractivity contribution in [3.63, 3.8) is 0 Å². The zero-order valence-corrected chi connectivity index (χ0v) is 18.2. The number of carbonyl (C=O) groups is 1. The summed E-state index contributed by atoms with van der Waals surface area (Å²) in [7, 11) is -3.07. The van der Waals surface area contributed by atoms with Gasteiger partial charge in [-0.15, -0.1) is 11.3 Å². The van der Waals surface area contributed by atoms with E-state index in [4.69, 9.17) is 0 Å². The number of nitrogens with zero attached hydrogens (tertiary/aromatic N) is 1. The topological polar surface area (TPSA) is 54.5 Å². The molecule has 4 nitrogen and oxygen atoms in total. The number of benzene rings is 1. The summed E-state index contributed by atoms with van der Waals surface area (Å²) in [5.74, 6) is 0.0560. The summed E-state index contributed by atoms with van der Waals surface area (Å²) < 4.78 is 23.9. The van der Waals surface area contributed by atoms with Crippen LogP contribution in [0, 0.1) is 0 Å². The van der Waals surface area contributed by atoms with Crippen molar-refractivity contribution in [1.82, 2.24) is 4.90 Å². The van der Waals surface area contributed by atoms with Gasteiger partial charge in [0.1, 0.15) is 0 Å². The van der Waals surface area contributed by atoms with Gasteiger partial charge in [-0.3, -0.25) is 4.79 Å². The summed E-state index contributed by atoms with van der Waals surface area (Å²) in [5.41, 5.74) is 2.31. The van der Waals surface area contributed by atoms with Gasteiger partial charge in [0.05, 0.1) is 11.5 Å². The molecule has 1 amide bonds. The fourth-order valence-electron chi connectivity index (χ4n) is 3.35. The van der Waals surface area contributed by atoms with E-state index < -0.39 is 9.84 Å². The zero-order valence-electron chi connectivity index (χ0n) is 16.6. The molecule has 2 aromatic rings. The Labute approximate surface area is 171 Å². The Kier molecular flexibility index (Phi) is 6.10. The lowest BCUT2D eigenvalue weighted by molar-refractivity contribution is -0.128. The number of amides is 1. The minimum absolute atomic E-state index is 0.0473. The molecule has 150 valence electrons. The van der Waals surface area contributed by atoms with Crippen LogP contribution in [0.2, 0.25) is 0 Å². The van der Waals surface area contributed by atoms with Gasteiger partial charge in [0.15, 0.2) is 9.84 Å². The van der Waals surface area contributed by atoms with Crippen molar-refractivity contribution < 1.29 is 13.2 Å². The van der Waals surface area contributed by atoms with Crippen LogP contribution in [0.25, 0.3) is 6.08 Å². The molecule has 0 N–H and O–H groups in total. The molecule has 1 saturated heterocycles. The van der Waals surface area contributed by atoms with E-state index in [1.54, 1.807) is 28.4 Å². The van der Waals surface area contributed by atoms with Gasteiger partial charge < -0.3 is 4.90 Å². The quantitative estimate of drug-likeness (QED) is 0.683. The molecule has 1 atom stereocenters. The molecule has 1 aliphatic rings. The van der Waals surface area contributed by atoms with Crippen LogP contribution in [0.3, 0.4) is 0 Å². The smallest absolute Gasteiger partial charge is 0.247 e. The van der Waals surface area contributed by atoms with E-state index in [2.05, 4.69) is 32.9 Å². The molecule has 1 aromatic carbocycles. The third kappa shape index (κ3) is 5.32. The maximum atomic E-state index is 12.9. The van der Waals surface area contributed by atoms with E-state index >= 15 is 0 Å². The number of hydrogen-bond acceptors (Lipinski definition) is 4. The molecule has 1 aromatic heterocycles. The van der Waals surface area contributed by atoms with Crippen molar-refractivity contribution in [2.75, 3.05) is 11.5 Å². The van der Waals surface area contributed by atoms with Crippen LogP contribution in [0.4, 0.5) is 0 Å². The van der Waals surface area contributed by atoms with Gasteiger partial charge in [0.25, 0.3) is 0 Å². The van der Waals surface area contributed by atoms with Gasteiger partial charge >= 0.3 is 0 Å². The van der Waals surface area contributed by atoms with Gasteiger partial charge in [-0.05, 0) is 40.5 Å². The molecule has 28 heavy (non-hydrogen) atoms. The molecule has 2 heterocycles. The third-order valence-corrected chi connectivity index (χ3v) is 7.63. The van der Waals surface area contributed by atoms with E-state index in [9.17, 15) is 13.2 Å².